The summed E-state index contributed by atoms with van der Waals surface area (Å²) >= 11 is 1.51. The van der Waals surface area contributed by atoms with Crippen LogP contribution in [0.3, 0.4) is 0 Å². The molecule has 0 fully saturated rings. The molecule has 0 saturated heterocycles. The van der Waals surface area contributed by atoms with Crippen LogP contribution in [0.25, 0.3) is 10.9 Å². The summed E-state index contributed by atoms with van der Waals surface area (Å²) in [6.07, 6.45) is 0. The van der Waals surface area contributed by atoms with Gasteiger partial charge in [-0.05, 0) is 37.5 Å². The second kappa shape index (κ2) is 5.27. The zero-order valence-electron chi connectivity index (χ0n) is 9.56. The molecule has 2 rings (SSSR count). The lowest BCUT2D eigenvalue weighted by Crippen LogP contribution is -2.21. The molecule has 1 aromatic carbocycles. The van der Waals surface area contributed by atoms with Crippen LogP contribution in [0.15, 0.2) is 24.3 Å². The van der Waals surface area contributed by atoms with Crippen LogP contribution >= 0.6 is 11.5 Å². The quantitative estimate of drug-likeness (QED) is 0.866. The number of benzene rings is 1. The lowest BCUT2D eigenvalue weighted by atomic mass is 10.2. The van der Waals surface area contributed by atoms with Gasteiger partial charge in [0.15, 0.2) is 0 Å². The normalized spacial score (nSPS) is 12.9. The SMILES string of the molecule is CCOCC(C)Nc1snc2ccccc12. The van der Waals surface area contributed by atoms with Crippen molar-refractivity contribution in [2.24, 2.45) is 0 Å². The van der Waals surface area contributed by atoms with Gasteiger partial charge in [0.05, 0.1) is 12.1 Å². The molecule has 0 aliphatic rings. The Bertz CT molecular complexity index is 455. The molecule has 1 unspecified atom stereocenters. The summed E-state index contributed by atoms with van der Waals surface area (Å²) < 4.78 is 9.77. The molecular weight excluding hydrogens is 220 g/mol. The van der Waals surface area contributed by atoms with Crippen molar-refractivity contribution in [1.82, 2.24) is 4.37 Å². The molecule has 0 radical (unpaired) electrons. The fraction of sp³-hybridized carbons (Fsp3) is 0.417. The van der Waals surface area contributed by atoms with Crippen molar-refractivity contribution in [2.45, 2.75) is 19.9 Å². The minimum atomic E-state index is 0.309. The average Bonchev–Trinajstić information content (AvgIpc) is 2.70. The first kappa shape index (κ1) is 11.4. The number of ether oxygens (including phenoxy) is 1. The van der Waals surface area contributed by atoms with Gasteiger partial charge in [-0.15, -0.1) is 0 Å². The van der Waals surface area contributed by atoms with E-state index in [1.807, 2.05) is 25.1 Å². The van der Waals surface area contributed by atoms with E-state index in [1.165, 1.54) is 16.9 Å². The molecule has 1 aromatic heterocycles. The van der Waals surface area contributed by atoms with Gasteiger partial charge in [0.1, 0.15) is 5.00 Å². The number of nitrogens with one attached hydrogen (secondary N) is 1. The second-order valence-electron chi connectivity index (χ2n) is 3.73. The lowest BCUT2D eigenvalue weighted by Gasteiger charge is -2.13. The minimum absolute atomic E-state index is 0.309. The van der Waals surface area contributed by atoms with E-state index in [1.54, 1.807) is 0 Å². The number of aromatic nitrogens is 1. The predicted molar refractivity (Wildman–Crippen MR) is 69.2 cm³/mol. The highest BCUT2D eigenvalue weighted by molar-refractivity contribution is 7.11. The van der Waals surface area contributed by atoms with Gasteiger partial charge in [0.25, 0.3) is 0 Å². The minimum Gasteiger partial charge on any atom is -0.380 e. The molecule has 86 valence electrons. The maximum Gasteiger partial charge on any atom is 0.117 e. The van der Waals surface area contributed by atoms with Gasteiger partial charge in [0, 0.05) is 18.0 Å². The highest BCUT2D eigenvalue weighted by Gasteiger charge is 2.08. The Morgan fingerprint density at radius 3 is 3.06 bits per heavy atom. The number of hydrogen-bond acceptors (Lipinski definition) is 4. The molecule has 4 heteroatoms. The highest BCUT2D eigenvalue weighted by Crippen LogP contribution is 2.27. The molecule has 0 aliphatic carbocycles. The van der Waals surface area contributed by atoms with Crippen molar-refractivity contribution < 1.29 is 4.74 Å². The van der Waals surface area contributed by atoms with Gasteiger partial charge in [-0.1, -0.05) is 12.1 Å². The fourth-order valence-electron chi connectivity index (χ4n) is 1.55. The van der Waals surface area contributed by atoms with E-state index in [4.69, 9.17) is 4.74 Å². The molecule has 1 N–H and O–H groups in total. The average molecular weight is 236 g/mol. The number of fused-ring (bicyclic) bond motifs is 1. The van der Waals surface area contributed by atoms with Crippen molar-refractivity contribution in [3.8, 4) is 0 Å². The van der Waals surface area contributed by atoms with Gasteiger partial charge >= 0.3 is 0 Å². The predicted octanol–water partition coefficient (Wildman–Crippen LogP) is 3.13. The Hall–Kier alpha value is -1.13. The van der Waals surface area contributed by atoms with Crippen LogP contribution in [0.4, 0.5) is 5.00 Å². The first-order chi connectivity index (χ1) is 7.81. The summed E-state index contributed by atoms with van der Waals surface area (Å²) in [6, 6.07) is 8.48. The maximum absolute atomic E-state index is 5.38. The summed E-state index contributed by atoms with van der Waals surface area (Å²) in [5.74, 6) is 0. The molecule has 3 nitrogen and oxygen atoms in total. The monoisotopic (exact) mass is 236 g/mol. The fourth-order valence-corrected chi connectivity index (χ4v) is 2.43. The molecule has 2 aromatic rings. The van der Waals surface area contributed by atoms with Crippen LogP contribution in [0, 0.1) is 0 Å². The van der Waals surface area contributed by atoms with Crippen LogP contribution in [0.2, 0.25) is 0 Å². The third kappa shape index (κ3) is 2.51. The lowest BCUT2D eigenvalue weighted by molar-refractivity contribution is 0.141. The van der Waals surface area contributed by atoms with Crippen molar-refractivity contribution in [3.63, 3.8) is 0 Å². The van der Waals surface area contributed by atoms with E-state index >= 15 is 0 Å². The van der Waals surface area contributed by atoms with Gasteiger partial charge < -0.3 is 10.1 Å². The van der Waals surface area contributed by atoms with Crippen LogP contribution < -0.4 is 5.32 Å². The number of rotatable bonds is 5. The van der Waals surface area contributed by atoms with Crippen molar-refractivity contribution in [3.05, 3.63) is 24.3 Å². The summed E-state index contributed by atoms with van der Waals surface area (Å²) in [4.78, 5) is 0. The number of hydrogen-bond donors (Lipinski definition) is 1. The van der Waals surface area contributed by atoms with E-state index < -0.39 is 0 Å². The van der Waals surface area contributed by atoms with Gasteiger partial charge in [0.2, 0.25) is 0 Å². The Morgan fingerprint density at radius 1 is 1.44 bits per heavy atom. The zero-order valence-corrected chi connectivity index (χ0v) is 10.4. The van der Waals surface area contributed by atoms with Gasteiger partial charge in [-0.2, -0.15) is 4.37 Å². The molecule has 0 amide bonds. The second-order valence-corrected chi connectivity index (χ2v) is 4.51. The smallest absolute Gasteiger partial charge is 0.117 e. The topological polar surface area (TPSA) is 34.1 Å². The molecule has 0 saturated carbocycles. The van der Waals surface area contributed by atoms with Crippen LogP contribution in [-0.4, -0.2) is 23.6 Å². The maximum atomic E-state index is 5.38. The molecule has 1 heterocycles. The van der Waals surface area contributed by atoms with Crippen molar-refractivity contribution in [1.29, 1.82) is 0 Å². The molecule has 1 atom stereocenters. The molecule has 0 spiro atoms. The largest absolute Gasteiger partial charge is 0.380 e. The van der Waals surface area contributed by atoms with Crippen LogP contribution in [0.5, 0.6) is 0 Å². The van der Waals surface area contributed by atoms with Gasteiger partial charge in [-0.25, -0.2) is 0 Å². The number of anilines is 1. The highest BCUT2D eigenvalue weighted by atomic mass is 32.1. The summed E-state index contributed by atoms with van der Waals surface area (Å²) in [5.41, 5.74) is 1.05. The molecule has 16 heavy (non-hydrogen) atoms. The molecular formula is C12H16N2OS. The summed E-state index contributed by atoms with van der Waals surface area (Å²) in [6.45, 7) is 5.61. The Labute approximate surface area is 99.6 Å². The Balaban J connectivity index is 2.09. The first-order valence-corrected chi connectivity index (χ1v) is 6.27. The first-order valence-electron chi connectivity index (χ1n) is 5.50. The van der Waals surface area contributed by atoms with Crippen LogP contribution in [0.1, 0.15) is 13.8 Å². The van der Waals surface area contributed by atoms with Crippen molar-refractivity contribution >= 4 is 27.4 Å². The van der Waals surface area contributed by atoms with Crippen molar-refractivity contribution in [2.75, 3.05) is 18.5 Å². The Morgan fingerprint density at radius 2 is 2.25 bits per heavy atom. The molecule has 0 aliphatic heterocycles. The van der Waals surface area contributed by atoms with E-state index in [-0.39, 0.29) is 0 Å². The third-order valence-electron chi connectivity index (χ3n) is 2.33. The van der Waals surface area contributed by atoms with E-state index in [9.17, 15) is 0 Å². The summed E-state index contributed by atoms with van der Waals surface area (Å²) in [7, 11) is 0. The summed E-state index contributed by atoms with van der Waals surface area (Å²) in [5, 5.41) is 5.75. The Kier molecular flexibility index (Phi) is 3.74. The van der Waals surface area contributed by atoms with Gasteiger partial charge in [-0.3, -0.25) is 0 Å². The van der Waals surface area contributed by atoms with E-state index in [2.05, 4.69) is 22.7 Å². The van der Waals surface area contributed by atoms with E-state index in [0.717, 1.165) is 23.7 Å². The third-order valence-corrected chi connectivity index (χ3v) is 3.14. The van der Waals surface area contributed by atoms with E-state index in [0.29, 0.717) is 6.04 Å². The van der Waals surface area contributed by atoms with Crippen LogP contribution in [-0.2, 0) is 4.74 Å². The zero-order chi connectivity index (χ0) is 11.4. The molecule has 0 bridgehead atoms. The standard InChI is InChI=1S/C12H16N2OS/c1-3-15-8-9(2)13-12-10-6-4-5-7-11(10)14-16-12/h4-7,9,13H,3,8H2,1-2H3. The number of nitrogens with zero attached hydrogens (tertiary/aromatic N) is 1.